The van der Waals surface area contributed by atoms with Crippen molar-refractivity contribution in [2.75, 3.05) is 23.9 Å². The van der Waals surface area contributed by atoms with Crippen LogP contribution in [0.5, 0.6) is 0 Å². The molecule has 0 aromatic heterocycles. The highest BCUT2D eigenvalue weighted by molar-refractivity contribution is 8.14. The fraction of sp³-hybridized carbons (Fsp3) is 0.222. The third kappa shape index (κ3) is 4.72. The standard InChI is InChI=1S/C27H24ClN3O4S/c1-18(15-35-26(19-8-4-2-5-9-19)31-24(32)16-36-27(31)34)29-17-30(21-10-6-3-7-11-21)23-13-12-20(28)14-22(23)25(29)33/h2-14,18,26H,15-17H2,1H3. The highest BCUT2D eigenvalue weighted by Gasteiger charge is 2.39. The number of fused-ring (bicyclic) bond motifs is 1. The lowest BCUT2D eigenvalue weighted by atomic mass is 10.1. The van der Waals surface area contributed by atoms with Gasteiger partial charge < -0.3 is 14.5 Å². The van der Waals surface area contributed by atoms with Gasteiger partial charge in [-0.15, -0.1) is 0 Å². The molecule has 2 unspecified atom stereocenters. The fourth-order valence-corrected chi connectivity index (χ4v) is 5.27. The lowest BCUT2D eigenvalue weighted by Gasteiger charge is -2.41. The van der Waals surface area contributed by atoms with Crippen molar-refractivity contribution in [2.45, 2.75) is 19.2 Å². The average Bonchev–Trinajstić information content (AvgIpc) is 3.23. The molecule has 7 nitrogen and oxygen atoms in total. The minimum Gasteiger partial charge on any atom is -0.351 e. The number of para-hydroxylation sites is 1. The van der Waals surface area contributed by atoms with Gasteiger partial charge in [0.1, 0.15) is 0 Å². The Balaban J connectivity index is 1.41. The Hall–Kier alpha value is -3.33. The second kappa shape index (κ2) is 10.3. The zero-order chi connectivity index (χ0) is 25.2. The van der Waals surface area contributed by atoms with E-state index in [1.165, 1.54) is 0 Å². The van der Waals surface area contributed by atoms with Crippen molar-refractivity contribution in [1.29, 1.82) is 0 Å². The molecule has 0 N–H and O–H groups in total. The molecule has 3 aromatic carbocycles. The van der Waals surface area contributed by atoms with Crippen LogP contribution in [0, 0.1) is 0 Å². The molecule has 2 aliphatic heterocycles. The number of ether oxygens (including phenoxy) is 1. The van der Waals surface area contributed by atoms with Crippen molar-refractivity contribution in [3.05, 3.63) is 95.0 Å². The fourth-order valence-electron chi connectivity index (χ4n) is 4.38. The van der Waals surface area contributed by atoms with Gasteiger partial charge in [-0.3, -0.25) is 14.4 Å². The number of imide groups is 1. The lowest BCUT2D eigenvalue weighted by molar-refractivity contribution is -0.137. The Morgan fingerprint density at radius 1 is 0.972 bits per heavy atom. The Morgan fingerprint density at radius 2 is 1.67 bits per heavy atom. The van der Waals surface area contributed by atoms with Crippen LogP contribution in [0.3, 0.4) is 0 Å². The number of hydrogen-bond donors (Lipinski definition) is 0. The molecule has 184 valence electrons. The van der Waals surface area contributed by atoms with E-state index >= 15 is 0 Å². The second-order valence-electron chi connectivity index (χ2n) is 8.61. The molecular weight excluding hydrogens is 498 g/mol. The molecule has 0 radical (unpaired) electrons. The van der Waals surface area contributed by atoms with E-state index in [0.29, 0.717) is 22.8 Å². The lowest BCUT2D eigenvalue weighted by Crippen LogP contribution is -2.50. The summed E-state index contributed by atoms with van der Waals surface area (Å²) in [6.45, 7) is 2.32. The van der Waals surface area contributed by atoms with Crippen LogP contribution in [0.2, 0.25) is 5.02 Å². The maximum Gasteiger partial charge on any atom is 0.291 e. The third-order valence-corrected chi connectivity index (χ3v) is 7.30. The number of thioether (sulfide) groups is 1. The highest BCUT2D eigenvalue weighted by atomic mass is 35.5. The number of carbonyl (C=O) groups excluding carboxylic acids is 3. The summed E-state index contributed by atoms with van der Waals surface area (Å²) in [6, 6.07) is 23.9. The maximum atomic E-state index is 13.5. The van der Waals surface area contributed by atoms with Gasteiger partial charge in [0, 0.05) is 16.3 Å². The van der Waals surface area contributed by atoms with E-state index in [2.05, 4.69) is 4.90 Å². The van der Waals surface area contributed by atoms with Crippen LogP contribution in [0.1, 0.15) is 29.1 Å². The van der Waals surface area contributed by atoms with Gasteiger partial charge in [0.25, 0.3) is 11.1 Å². The molecule has 3 aromatic rings. The number of hydrogen-bond acceptors (Lipinski definition) is 6. The Kier molecular flexibility index (Phi) is 7.00. The molecule has 2 aliphatic rings. The van der Waals surface area contributed by atoms with Crippen LogP contribution in [-0.2, 0) is 9.53 Å². The quantitative estimate of drug-likeness (QED) is 0.398. The Morgan fingerprint density at radius 3 is 2.33 bits per heavy atom. The van der Waals surface area contributed by atoms with E-state index in [1.54, 1.807) is 17.0 Å². The van der Waals surface area contributed by atoms with Gasteiger partial charge in [-0.25, -0.2) is 4.90 Å². The first-order chi connectivity index (χ1) is 17.4. The number of amides is 3. The molecule has 3 amide bonds. The first-order valence-corrected chi connectivity index (χ1v) is 12.9. The van der Waals surface area contributed by atoms with E-state index in [-0.39, 0.29) is 35.5 Å². The zero-order valence-electron chi connectivity index (χ0n) is 19.5. The van der Waals surface area contributed by atoms with Crippen LogP contribution < -0.4 is 4.90 Å². The number of anilines is 2. The largest absolute Gasteiger partial charge is 0.351 e. The van der Waals surface area contributed by atoms with E-state index in [9.17, 15) is 14.4 Å². The van der Waals surface area contributed by atoms with Gasteiger partial charge in [0.05, 0.1) is 36.3 Å². The summed E-state index contributed by atoms with van der Waals surface area (Å²) in [4.78, 5) is 43.4. The number of rotatable bonds is 7. The molecular formula is C27H24ClN3O4S. The zero-order valence-corrected chi connectivity index (χ0v) is 21.1. The number of nitrogens with zero attached hydrogens (tertiary/aromatic N) is 3. The van der Waals surface area contributed by atoms with Crippen LogP contribution >= 0.6 is 23.4 Å². The highest BCUT2D eigenvalue weighted by Crippen LogP contribution is 2.36. The normalized spacial score (nSPS) is 17.4. The van der Waals surface area contributed by atoms with Crippen LogP contribution in [0.25, 0.3) is 0 Å². The minimum atomic E-state index is -0.865. The van der Waals surface area contributed by atoms with E-state index in [0.717, 1.165) is 28.0 Å². The van der Waals surface area contributed by atoms with Crippen molar-refractivity contribution in [2.24, 2.45) is 0 Å². The molecule has 2 heterocycles. The van der Waals surface area contributed by atoms with Gasteiger partial charge in [0.15, 0.2) is 6.23 Å². The van der Waals surface area contributed by atoms with Gasteiger partial charge in [-0.1, -0.05) is 71.9 Å². The predicted octanol–water partition coefficient (Wildman–Crippen LogP) is 5.69. The van der Waals surface area contributed by atoms with E-state index < -0.39 is 6.23 Å². The molecule has 5 rings (SSSR count). The Labute approximate surface area is 218 Å². The topological polar surface area (TPSA) is 70.2 Å². The molecule has 1 saturated heterocycles. The maximum absolute atomic E-state index is 13.5. The summed E-state index contributed by atoms with van der Waals surface area (Å²) in [5.74, 6) is -0.356. The SMILES string of the molecule is CC(COC(c1ccccc1)N1C(=O)CSC1=O)N1CN(c2ccccc2)c2ccc(Cl)cc2C1=O. The molecule has 0 aliphatic carbocycles. The Bertz CT molecular complexity index is 1270. The van der Waals surface area contributed by atoms with Crippen molar-refractivity contribution in [3.8, 4) is 0 Å². The van der Waals surface area contributed by atoms with Gasteiger partial charge >= 0.3 is 0 Å². The summed E-state index contributed by atoms with van der Waals surface area (Å²) in [5.41, 5.74) is 2.93. The minimum absolute atomic E-state index is 0.0925. The van der Waals surface area contributed by atoms with Crippen molar-refractivity contribution >= 4 is 51.8 Å². The third-order valence-electron chi connectivity index (χ3n) is 6.23. The number of benzene rings is 3. The monoisotopic (exact) mass is 521 g/mol. The molecule has 1 fully saturated rings. The van der Waals surface area contributed by atoms with E-state index in [4.69, 9.17) is 16.3 Å². The van der Waals surface area contributed by atoms with Crippen LogP contribution in [-0.4, -0.2) is 51.9 Å². The van der Waals surface area contributed by atoms with Crippen molar-refractivity contribution in [1.82, 2.24) is 9.80 Å². The first kappa shape index (κ1) is 24.4. The molecule has 2 atom stereocenters. The molecule has 36 heavy (non-hydrogen) atoms. The van der Waals surface area contributed by atoms with Gasteiger partial charge in [-0.05, 0) is 37.3 Å². The molecule has 0 spiro atoms. The summed E-state index contributed by atoms with van der Waals surface area (Å²) >= 11 is 7.21. The first-order valence-electron chi connectivity index (χ1n) is 11.5. The van der Waals surface area contributed by atoms with Crippen molar-refractivity contribution < 1.29 is 19.1 Å². The summed E-state index contributed by atoms with van der Waals surface area (Å²) < 4.78 is 6.20. The smallest absolute Gasteiger partial charge is 0.291 e. The second-order valence-corrected chi connectivity index (χ2v) is 9.97. The van der Waals surface area contributed by atoms with Crippen LogP contribution in [0.15, 0.2) is 78.9 Å². The van der Waals surface area contributed by atoms with Gasteiger partial charge in [-0.2, -0.15) is 0 Å². The summed E-state index contributed by atoms with van der Waals surface area (Å²) in [6.07, 6.45) is -0.865. The van der Waals surface area contributed by atoms with Gasteiger partial charge in [0.2, 0.25) is 5.91 Å². The average molecular weight is 522 g/mol. The molecule has 0 bridgehead atoms. The molecule has 9 heteroatoms. The molecule has 0 saturated carbocycles. The van der Waals surface area contributed by atoms with Crippen molar-refractivity contribution in [3.63, 3.8) is 0 Å². The number of halogens is 1. The summed E-state index contributed by atoms with van der Waals surface area (Å²) in [7, 11) is 0. The number of carbonyl (C=O) groups is 3. The van der Waals surface area contributed by atoms with Crippen LogP contribution in [0.4, 0.5) is 16.2 Å². The predicted molar refractivity (Wildman–Crippen MR) is 140 cm³/mol. The van der Waals surface area contributed by atoms with E-state index in [1.807, 2.05) is 73.7 Å². The summed E-state index contributed by atoms with van der Waals surface area (Å²) in [5, 5.41) is 0.142.